The van der Waals surface area contributed by atoms with E-state index in [9.17, 15) is 0 Å². The highest BCUT2D eigenvalue weighted by Crippen LogP contribution is 2.46. The Kier molecular flexibility index (Phi) is 1.99. The minimum atomic E-state index is -0.338. The van der Waals surface area contributed by atoms with E-state index in [1.165, 1.54) is 25.7 Å². The molecule has 0 aromatic rings. The van der Waals surface area contributed by atoms with Crippen LogP contribution in [0.4, 0.5) is 0 Å². The van der Waals surface area contributed by atoms with Crippen molar-refractivity contribution in [1.29, 1.82) is 0 Å². The molecule has 1 rings (SSSR count). The summed E-state index contributed by atoms with van der Waals surface area (Å²) in [7, 11) is -0.338. The summed E-state index contributed by atoms with van der Waals surface area (Å²) in [6.45, 7) is 7.48. The van der Waals surface area contributed by atoms with Gasteiger partial charge in [-0.15, -0.1) is 0 Å². The molecule has 0 saturated heterocycles. The summed E-state index contributed by atoms with van der Waals surface area (Å²) in [5.74, 6) is 0. The molecule has 1 fully saturated rings. The molecule has 0 nitrogen and oxygen atoms in total. The lowest BCUT2D eigenvalue weighted by Gasteiger charge is -2.26. The highest BCUT2D eigenvalue weighted by atomic mass is 28.3. The zero-order valence-electron chi connectivity index (χ0n) is 6.91. The van der Waals surface area contributed by atoms with Crippen LogP contribution in [0.25, 0.3) is 0 Å². The van der Waals surface area contributed by atoms with Gasteiger partial charge in [-0.2, -0.15) is 0 Å². The highest BCUT2D eigenvalue weighted by Gasteiger charge is 2.31. The molecule has 0 amide bonds. The Balaban J connectivity index is 2.51. The summed E-state index contributed by atoms with van der Waals surface area (Å²) < 4.78 is 0. The topological polar surface area (TPSA) is 0 Å². The summed E-state index contributed by atoms with van der Waals surface area (Å²) in [6.07, 6.45) is 6.05. The Hall–Kier alpha value is 0.217. The van der Waals surface area contributed by atoms with Crippen molar-refractivity contribution in [2.45, 2.75) is 50.7 Å². The highest BCUT2D eigenvalue weighted by molar-refractivity contribution is 6.59. The molecule has 54 valence electrons. The second kappa shape index (κ2) is 2.45. The van der Waals surface area contributed by atoms with E-state index in [1.54, 1.807) is 0 Å². The molecule has 0 atom stereocenters. The number of hydrogen-bond donors (Lipinski definition) is 0. The molecule has 0 unspecified atom stereocenters. The Morgan fingerprint density at radius 2 is 1.56 bits per heavy atom. The van der Waals surface area contributed by atoms with Gasteiger partial charge in [-0.25, -0.2) is 0 Å². The maximum absolute atomic E-state index is 2.50. The van der Waals surface area contributed by atoms with Crippen molar-refractivity contribution in [2.24, 2.45) is 0 Å². The molecular weight excluding hydrogens is 124 g/mol. The number of rotatable bonds is 1. The largest absolute Gasteiger partial charge is 0.0718 e. The maximum Gasteiger partial charge on any atom is 0.0368 e. The monoisotopic (exact) mass is 142 g/mol. The van der Waals surface area contributed by atoms with Gasteiger partial charge < -0.3 is 0 Å². The molecule has 0 radical (unpaired) electrons. The van der Waals surface area contributed by atoms with Crippen LogP contribution < -0.4 is 0 Å². The first-order valence-corrected chi connectivity index (χ1v) is 7.04. The van der Waals surface area contributed by atoms with Crippen molar-refractivity contribution in [3.63, 3.8) is 0 Å². The van der Waals surface area contributed by atoms with Gasteiger partial charge in [0.05, 0.1) is 0 Å². The molecular formula is C8H18Si. The number of hydrogen-bond acceptors (Lipinski definition) is 0. The summed E-state index contributed by atoms with van der Waals surface area (Å²) in [6, 6.07) is 0. The van der Waals surface area contributed by atoms with Gasteiger partial charge in [0.25, 0.3) is 0 Å². The molecule has 0 heterocycles. The standard InChI is InChI=1S/C8H18Si/c1-8(9(2)3)6-4-5-7-8/h9H,4-7H2,1-3H3. The van der Waals surface area contributed by atoms with Crippen LogP contribution >= 0.6 is 0 Å². The Bertz CT molecular complexity index is 90.7. The third-order valence-corrected chi connectivity index (χ3v) is 6.50. The summed E-state index contributed by atoms with van der Waals surface area (Å²) in [5, 5.41) is 0.833. The zero-order chi connectivity index (χ0) is 6.91. The predicted octanol–water partition coefficient (Wildman–Crippen LogP) is 2.81. The second-order valence-corrected chi connectivity index (χ2v) is 7.72. The molecule has 0 N–H and O–H groups in total. The Morgan fingerprint density at radius 1 is 1.11 bits per heavy atom. The van der Waals surface area contributed by atoms with Crippen LogP contribution in [0, 0.1) is 0 Å². The molecule has 1 saturated carbocycles. The summed E-state index contributed by atoms with van der Waals surface area (Å²) in [5.41, 5.74) is 0. The van der Waals surface area contributed by atoms with E-state index in [2.05, 4.69) is 20.0 Å². The molecule has 1 aliphatic rings. The van der Waals surface area contributed by atoms with Gasteiger partial charge in [0.15, 0.2) is 0 Å². The van der Waals surface area contributed by atoms with E-state index in [-0.39, 0.29) is 8.80 Å². The van der Waals surface area contributed by atoms with E-state index < -0.39 is 0 Å². The third kappa shape index (κ3) is 1.37. The third-order valence-electron chi connectivity index (χ3n) is 3.14. The summed E-state index contributed by atoms with van der Waals surface area (Å²) in [4.78, 5) is 0. The van der Waals surface area contributed by atoms with Crippen molar-refractivity contribution >= 4 is 8.80 Å². The van der Waals surface area contributed by atoms with Gasteiger partial charge in [-0.05, 0) is 5.04 Å². The van der Waals surface area contributed by atoms with E-state index >= 15 is 0 Å². The van der Waals surface area contributed by atoms with E-state index in [0.29, 0.717) is 0 Å². The molecule has 9 heavy (non-hydrogen) atoms. The van der Waals surface area contributed by atoms with Crippen molar-refractivity contribution in [3.05, 3.63) is 0 Å². The average Bonchev–Trinajstić information content (AvgIpc) is 2.16. The minimum absolute atomic E-state index is 0.338. The molecule has 0 aliphatic heterocycles. The van der Waals surface area contributed by atoms with Gasteiger partial charge in [0, 0.05) is 8.80 Å². The van der Waals surface area contributed by atoms with Crippen molar-refractivity contribution in [2.75, 3.05) is 0 Å². The van der Waals surface area contributed by atoms with E-state index in [0.717, 1.165) is 5.04 Å². The SMILES string of the molecule is C[SiH](C)C1(C)CCCC1. The van der Waals surface area contributed by atoms with E-state index in [4.69, 9.17) is 0 Å². The van der Waals surface area contributed by atoms with Gasteiger partial charge in [-0.1, -0.05) is 45.7 Å². The first-order chi connectivity index (χ1) is 4.15. The van der Waals surface area contributed by atoms with Crippen LogP contribution in [0.2, 0.25) is 18.1 Å². The molecule has 0 aromatic carbocycles. The smallest absolute Gasteiger partial charge is 0.0368 e. The zero-order valence-corrected chi connectivity index (χ0v) is 8.06. The lowest BCUT2D eigenvalue weighted by molar-refractivity contribution is 0.621. The molecule has 0 spiro atoms. The van der Waals surface area contributed by atoms with Gasteiger partial charge >= 0.3 is 0 Å². The molecule has 1 heteroatoms. The van der Waals surface area contributed by atoms with Gasteiger partial charge in [0.1, 0.15) is 0 Å². The van der Waals surface area contributed by atoms with Crippen molar-refractivity contribution in [1.82, 2.24) is 0 Å². The second-order valence-electron chi connectivity index (χ2n) is 4.02. The van der Waals surface area contributed by atoms with Crippen molar-refractivity contribution in [3.8, 4) is 0 Å². The average molecular weight is 142 g/mol. The van der Waals surface area contributed by atoms with Crippen LogP contribution in [0.3, 0.4) is 0 Å². The predicted molar refractivity (Wildman–Crippen MR) is 45.7 cm³/mol. The lowest BCUT2D eigenvalue weighted by Crippen LogP contribution is -2.20. The maximum atomic E-state index is 2.50. The lowest BCUT2D eigenvalue weighted by atomic mass is 10.1. The van der Waals surface area contributed by atoms with E-state index in [1.807, 2.05) is 0 Å². The van der Waals surface area contributed by atoms with Crippen molar-refractivity contribution < 1.29 is 0 Å². The van der Waals surface area contributed by atoms with Crippen LogP contribution in [-0.4, -0.2) is 8.80 Å². The van der Waals surface area contributed by atoms with Gasteiger partial charge in [0.2, 0.25) is 0 Å². The van der Waals surface area contributed by atoms with Crippen LogP contribution in [0.1, 0.15) is 32.6 Å². The fourth-order valence-electron chi connectivity index (χ4n) is 1.76. The normalized spacial score (nSPS) is 25.3. The van der Waals surface area contributed by atoms with Crippen LogP contribution in [0.15, 0.2) is 0 Å². The first-order valence-electron chi connectivity index (χ1n) is 4.15. The molecule has 0 bridgehead atoms. The fourth-order valence-corrected chi connectivity index (χ4v) is 3.32. The van der Waals surface area contributed by atoms with Gasteiger partial charge in [-0.3, -0.25) is 0 Å². The van der Waals surface area contributed by atoms with Crippen LogP contribution in [-0.2, 0) is 0 Å². The molecule has 0 aromatic heterocycles. The minimum Gasteiger partial charge on any atom is -0.0718 e. The Labute approximate surface area is 60.3 Å². The first kappa shape index (κ1) is 7.33. The van der Waals surface area contributed by atoms with Crippen LogP contribution in [0.5, 0.6) is 0 Å². The quantitative estimate of drug-likeness (QED) is 0.494. The Morgan fingerprint density at radius 3 is 1.78 bits per heavy atom. The summed E-state index contributed by atoms with van der Waals surface area (Å²) >= 11 is 0. The fraction of sp³-hybridized carbons (Fsp3) is 1.00. The molecule has 1 aliphatic carbocycles.